The van der Waals surface area contributed by atoms with Crippen molar-refractivity contribution in [2.75, 3.05) is 20.3 Å². The molecule has 19 heavy (non-hydrogen) atoms. The zero-order valence-electron chi connectivity index (χ0n) is 10.8. The van der Waals surface area contributed by atoms with Crippen LogP contribution in [-0.4, -0.2) is 31.4 Å². The number of hydrogen-bond acceptors (Lipinski definition) is 3. The predicted octanol–water partition coefficient (Wildman–Crippen LogP) is 2.43. The molecule has 1 unspecified atom stereocenters. The van der Waals surface area contributed by atoms with E-state index in [0.717, 1.165) is 0 Å². The van der Waals surface area contributed by atoms with Gasteiger partial charge in [-0.1, -0.05) is 0 Å². The fraction of sp³-hybridized carbons (Fsp3) is 0.500. The molecular weight excluding hydrogens is 251 g/mol. The van der Waals surface area contributed by atoms with E-state index in [-0.39, 0.29) is 5.92 Å². The molecule has 0 aromatic heterocycles. The number of benzene rings is 1. The van der Waals surface area contributed by atoms with E-state index >= 15 is 0 Å². The molecule has 0 spiro atoms. The lowest BCUT2D eigenvalue weighted by atomic mass is 9.81. The summed E-state index contributed by atoms with van der Waals surface area (Å²) in [5, 5.41) is 9.47. The molecule has 0 saturated carbocycles. The van der Waals surface area contributed by atoms with Crippen molar-refractivity contribution in [2.45, 2.75) is 18.8 Å². The highest BCUT2D eigenvalue weighted by Crippen LogP contribution is 2.37. The molecule has 2 rings (SSSR count). The van der Waals surface area contributed by atoms with Crippen LogP contribution in [0, 0.1) is 11.7 Å². The van der Waals surface area contributed by atoms with E-state index in [1.54, 1.807) is 0 Å². The summed E-state index contributed by atoms with van der Waals surface area (Å²) in [4.78, 5) is 11.6. The number of halogens is 1. The SMILES string of the molecule is COc1ccc(F)cc1C(C(=O)O)C1CCOCC1. The zero-order chi connectivity index (χ0) is 13.8. The Labute approximate surface area is 111 Å². The molecule has 1 N–H and O–H groups in total. The standard InChI is InChI=1S/C14H17FO4/c1-18-12-3-2-10(15)8-11(12)13(14(16)17)9-4-6-19-7-5-9/h2-3,8-9,13H,4-7H2,1H3,(H,16,17). The summed E-state index contributed by atoms with van der Waals surface area (Å²) in [5.74, 6) is -1.79. The zero-order valence-corrected chi connectivity index (χ0v) is 10.8. The minimum absolute atomic E-state index is 0.0538. The number of carboxylic acid groups (broad SMARTS) is 1. The van der Waals surface area contributed by atoms with Crippen molar-refractivity contribution in [3.8, 4) is 5.75 Å². The maximum Gasteiger partial charge on any atom is 0.311 e. The quantitative estimate of drug-likeness (QED) is 0.911. The van der Waals surface area contributed by atoms with E-state index in [9.17, 15) is 14.3 Å². The maximum absolute atomic E-state index is 13.4. The van der Waals surface area contributed by atoms with Crippen LogP contribution in [0.1, 0.15) is 24.3 Å². The van der Waals surface area contributed by atoms with E-state index < -0.39 is 17.7 Å². The van der Waals surface area contributed by atoms with Crippen LogP contribution in [0.4, 0.5) is 4.39 Å². The summed E-state index contributed by atoms with van der Waals surface area (Å²) in [5.41, 5.74) is 0.405. The van der Waals surface area contributed by atoms with Gasteiger partial charge in [-0.15, -0.1) is 0 Å². The molecule has 104 valence electrons. The molecule has 1 heterocycles. The third-order valence-corrected chi connectivity index (χ3v) is 3.53. The fourth-order valence-electron chi connectivity index (χ4n) is 2.59. The molecule has 4 nitrogen and oxygen atoms in total. The van der Waals surface area contributed by atoms with Crippen molar-refractivity contribution in [3.63, 3.8) is 0 Å². The van der Waals surface area contributed by atoms with E-state index in [2.05, 4.69) is 0 Å². The van der Waals surface area contributed by atoms with Gasteiger partial charge in [0.25, 0.3) is 0 Å². The molecule has 1 aliphatic rings. The monoisotopic (exact) mass is 268 g/mol. The Bertz CT molecular complexity index is 455. The summed E-state index contributed by atoms with van der Waals surface area (Å²) in [6.45, 7) is 1.10. The van der Waals surface area contributed by atoms with E-state index in [1.807, 2.05) is 0 Å². The Balaban J connectivity index is 2.37. The molecule has 1 atom stereocenters. The number of ether oxygens (including phenoxy) is 2. The number of carboxylic acids is 1. The number of methoxy groups -OCH3 is 1. The Morgan fingerprint density at radius 1 is 1.47 bits per heavy atom. The smallest absolute Gasteiger partial charge is 0.311 e. The highest BCUT2D eigenvalue weighted by molar-refractivity contribution is 5.77. The van der Waals surface area contributed by atoms with Gasteiger partial charge in [0.2, 0.25) is 0 Å². The molecule has 1 saturated heterocycles. The van der Waals surface area contributed by atoms with Crippen LogP contribution in [0.3, 0.4) is 0 Å². The van der Waals surface area contributed by atoms with Crippen molar-refractivity contribution < 1.29 is 23.8 Å². The van der Waals surface area contributed by atoms with Gasteiger partial charge in [-0.05, 0) is 37.0 Å². The lowest BCUT2D eigenvalue weighted by molar-refractivity contribution is -0.141. The van der Waals surface area contributed by atoms with Crippen LogP contribution in [0.2, 0.25) is 0 Å². The van der Waals surface area contributed by atoms with Gasteiger partial charge in [-0.3, -0.25) is 4.79 Å². The normalized spacial score (nSPS) is 18.0. The minimum atomic E-state index is -0.948. The van der Waals surface area contributed by atoms with Gasteiger partial charge in [0.05, 0.1) is 13.0 Å². The van der Waals surface area contributed by atoms with Crippen molar-refractivity contribution in [3.05, 3.63) is 29.6 Å². The van der Waals surface area contributed by atoms with Crippen molar-refractivity contribution >= 4 is 5.97 Å². The van der Waals surface area contributed by atoms with Gasteiger partial charge in [-0.2, -0.15) is 0 Å². The van der Waals surface area contributed by atoms with Gasteiger partial charge in [0.15, 0.2) is 0 Å². The highest BCUT2D eigenvalue weighted by Gasteiger charge is 2.33. The number of hydrogen-bond donors (Lipinski definition) is 1. The molecule has 0 radical (unpaired) electrons. The lowest BCUT2D eigenvalue weighted by Crippen LogP contribution is -2.27. The first kappa shape index (κ1) is 13.8. The van der Waals surface area contributed by atoms with Crippen LogP contribution in [-0.2, 0) is 9.53 Å². The number of aliphatic carboxylic acids is 1. The molecule has 1 fully saturated rings. The van der Waals surface area contributed by atoms with Crippen LogP contribution in [0.25, 0.3) is 0 Å². The molecular formula is C14H17FO4. The average Bonchev–Trinajstić information content (AvgIpc) is 2.40. The minimum Gasteiger partial charge on any atom is -0.496 e. The highest BCUT2D eigenvalue weighted by atomic mass is 19.1. The number of carbonyl (C=O) groups is 1. The van der Waals surface area contributed by atoms with Gasteiger partial charge >= 0.3 is 5.97 Å². The molecule has 5 heteroatoms. The summed E-state index contributed by atoms with van der Waals surface area (Å²) in [6, 6.07) is 4.00. The lowest BCUT2D eigenvalue weighted by Gasteiger charge is -2.28. The molecule has 0 amide bonds. The second-order valence-corrected chi connectivity index (χ2v) is 4.65. The third-order valence-electron chi connectivity index (χ3n) is 3.53. The van der Waals surface area contributed by atoms with Crippen LogP contribution < -0.4 is 4.74 Å². The summed E-state index contributed by atoms with van der Waals surface area (Å²) in [6.07, 6.45) is 1.33. The largest absolute Gasteiger partial charge is 0.496 e. The first-order chi connectivity index (χ1) is 9.13. The fourth-order valence-corrected chi connectivity index (χ4v) is 2.59. The topological polar surface area (TPSA) is 55.8 Å². The maximum atomic E-state index is 13.4. The van der Waals surface area contributed by atoms with E-state index in [4.69, 9.17) is 9.47 Å². The van der Waals surface area contributed by atoms with Crippen LogP contribution in [0.15, 0.2) is 18.2 Å². The predicted molar refractivity (Wildman–Crippen MR) is 66.9 cm³/mol. The molecule has 1 aromatic rings. The van der Waals surface area contributed by atoms with Gasteiger partial charge in [0, 0.05) is 18.8 Å². The first-order valence-corrected chi connectivity index (χ1v) is 6.27. The van der Waals surface area contributed by atoms with Crippen molar-refractivity contribution in [1.82, 2.24) is 0 Å². The Morgan fingerprint density at radius 2 is 2.16 bits per heavy atom. The van der Waals surface area contributed by atoms with Crippen molar-refractivity contribution in [1.29, 1.82) is 0 Å². The number of rotatable bonds is 4. The van der Waals surface area contributed by atoms with Gasteiger partial charge < -0.3 is 14.6 Å². The van der Waals surface area contributed by atoms with E-state index in [1.165, 1.54) is 25.3 Å². The summed E-state index contributed by atoms with van der Waals surface area (Å²) >= 11 is 0. The summed E-state index contributed by atoms with van der Waals surface area (Å²) in [7, 11) is 1.46. The van der Waals surface area contributed by atoms with Crippen LogP contribution >= 0.6 is 0 Å². The Morgan fingerprint density at radius 3 is 2.74 bits per heavy atom. The van der Waals surface area contributed by atoms with Gasteiger partial charge in [-0.25, -0.2) is 4.39 Å². The Hall–Kier alpha value is -1.62. The third kappa shape index (κ3) is 3.04. The molecule has 1 aromatic carbocycles. The Kier molecular flexibility index (Phi) is 4.37. The molecule has 0 bridgehead atoms. The molecule has 1 aliphatic heterocycles. The second kappa shape index (κ2) is 6.02. The summed E-state index contributed by atoms with van der Waals surface area (Å²) < 4.78 is 23.8. The average molecular weight is 268 g/mol. The van der Waals surface area contributed by atoms with Crippen molar-refractivity contribution in [2.24, 2.45) is 5.92 Å². The first-order valence-electron chi connectivity index (χ1n) is 6.27. The van der Waals surface area contributed by atoms with E-state index in [0.29, 0.717) is 37.4 Å². The molecule has 0 aliphatic carbocycles. The van der Waals surface area contributed by atoms with Crippen LogP contribution in [0.5, 0.6) is 5.75 Å². The van der Waals surface area contributed by atoms with Gasteiger partial charge in [0.1, 0.15) is 11.6 Å². The second-order valence-electron chi connectivity index (χ2n) is 4.65.